The molecule has 0 spiro atoms. The van der Waals surface area contributed by atoms with E-state index in [9.17, 15) is 0 Å². The van der Waals surface area contributed by atoms with E-state index in [1.54, 1.807) is 0 Å². The summed E-state index contributed by atoms with van der Waals surface area (Å²) >= 11 is 0. The second-order valence-corrected chi connectivity index (χ2v) is 3.85. The van der Waals surface area contributed by atoms with Crippen LogP contribution in [0.15, 0.2) is 15.6 Å². The van der Waals surface area contributed by atoms with Gasteiger partial charge in [0, 0.05) is 6.07 Å². The van der Waals surface area contributed by atoms with Crippen molar-refractivity contribution >= 4 is 10.9 Å². The van der Waals surface area contributed by atoms with Gasteiger partial charge in [-0.3, -0.25) is 0 Å². The molecular formula is C6H10NOS. The molecule has 3 heteroatoms. The highest BCUT2D eigenvalue weighted by molar-refractivity contribution is 8.17. The van der Waals surface area contributed by atoms with Crippen LogP contribution in [0.3, 0.4) is 0 Å². The summed E-state index contributed by atoms with van der Waals surface area (Å²) in [5.74, 6) is 0.864. The van der Waals surface area contributed by atoms with Crippen molar-refractivity contribution < 1.29 is 4.52 Å². The van der Waals surface area contributed by atoms with Crippen LogP contribution >= 0.6 is 10.9 Å². The minimum atomic E-state index is -0.330. The van der Waals surface area contributed by atoms with E-state index in [2.05, 4.69) is 11.4 Å². The van der Waals surface area contributed by atoms with Crippen molar-refractivity contribution in [3.63, 3.8) is 0 Å². The summed E-state index contributed by atoms with van der Waals surface area (Å²) in [5, 5.41) is 4.80. The van der Waals surface area contributed by atoms with Gasteiger partial charge in [0.1, 0.15) is 10.8 Å². The Bertz CT molecular complexity index is 195. The lowest BCUT2D eigenvalue weighted by Crippen LogP contribution is -1.71. The molecule has 1 atom stereocenters. The van der Waals surface area contributed by atoms with Crippen LogP contribution in [0.25, 0.3) is 0 Å². The van der Waals surface area contributed by atoms with Gasteiger partial charge in [0.05, 0.1) is 0 Å². The van der Waals surface area contributed by atoms with Crippen LogP contribution in [0.5, 0.6) is 0 Å². The molecule has 0 aromatic carbocycles. The number of hydrogen-bond donors (Lipinski definition) is 1. The third-order valence-corrected chi connectivity index (χ3v) is 2.00. The van der Waals surface area contributed by atoms with Crippen molar-refractivity contribution in [1.29, 1.82) is 0 Å². The Hall–Kier alpha value is -0.440. The zero-order chi connectivity index (χ0) is 6.85. The molecule has 0 N–H and O–H groups in total. The molecule has 0 fully saturated rings. The minimum absolute atomic E-state index is 0.330. The fourth-order valence-corrected chi connectivity index (χ4v) is 1.12. The van der Waals surface area contributed by atoms with Crippen LogP contribution in [-0.4, -0.2) is 11.4 Å². The van der Waals surface area contributed by atoms with Crippen LogP contribution in [0.1, 0.15) is 5.76 Å². The average molecular weight is 144 g/mol. The van der Waals surface area contributed by atoms with Crippen molar-refractivity contribution in [2.75, 3.05) is 6.26 Å². The van der Waals surface area contributed by atoms with E-state index in [1.807, 2.05) is 19.2 Å². The van der Waals surface area contributed by atoms with E-state index in [4.69, 9.17) is 4.52 Å². The molecule has 9 heavy (non-hydrogen) atoms. The Morgan fingerprint density at radius 2 is 2.44 bits per heavy atom. The fourth-order valence-electron chi connectivity index (χ4n) is 0.533. The standard InChI is InChI=1S/C6H10NOS/c1-5-4-6(7-8-5)9(2)3/h4,9H,2H2,1,3H3. The first-order valence-corrected chi connectivity index (χ1v) is 4.65. The van der Waals surface area contributed by atoms with E-state index in [-0.39, 0.29) is 10.9 Å². The molecule has 0 aliphatic carbocycles. The minimum Gasteiger partial charge on any atom is -0.361 e. The van der Waals surface area contributed by atoms with E-state index >= 15 is 0 Å². The van der Waals surface area contributed by atoms with Crippen molar-refractivity contribution in [2.45, 2.75) is 11.9 Å². The predicted molar refractivity (Wildman–Crippen MR) is 39.8 cm³/mol. The Balaban J connectivity index is 2.85. The van der Waals surface area contributed by atoms with Crippen LogP contribution in [0.4, 0.5) is 0 Å². The molecule has 0 saturated carbocycles. The van der Waals surface area contributed by atoms with Crippen LogP contribution < -0.4 is 0 Å². The Labute approximate surface area is 57.6 Å². The summed E-state index contributed by atoms with van der Waals surface area (Å²) in [4.78, 5) is 0. The maximum atomic E-state index is 4.85. The Morgan fingerprint density at radius 1 is 1.78 bits per heavy atom. The highest BCUT2D eigenvalue weighted by Crippen LogP contribution is 2.28. The van der Waals surface area contributed by atoms with Gasteiger partial charge in [0.2, 0.25) is 0 Å². The van der Waals surface area contributed by atoms with Crippen molar-refractivity contribution in [3.8, 4) is 0 Å². The van der Waals surface area contributed by atoms with Crippen LogP contribution in [0.2, 0.25) is 0 Å². The molecule has 0 saturated heterocycles. The first kappa shape index (κ1) is 6.68. The number of nitrogens with zero attached hydrogens (tertiary/aromatic N) is 1. The monoisotopic (exact) mass is 144 g/mol. The second-order valence-electron chi connectivity index (χ2n) is 1.99. The molecule has 1 rings (SSSR count). The van der Waals surface area contributed by atoms with E-state index in [0.29, 0.717) is 0 Å². The number of thiol groups is 1. The molecule has 0 aliphatic rings. The molecule has 1 heterocycles. The molecule has 0 bridgehead atoms. The summed E-state index contributed by atoms with van der Waals surface area (Å²) in [6.07, 6.45) is 5.91. The van der Waals surface area contributed by atoms with Gasteiger partial charge in [0.15, 0.2) is 0 Å². The van der Waals surface area contributed by atoms with Gasteiger partial charge in [-0.1, -0.05) is 5.16 Å². The van der Waals surface area contributed by atoms with E-state index < -0.39 is 0 Å². The van der Waals surface area contributed by atoms with Gasteiger partial charge in [-0.05, 0) is 19.4 Å². The maximum absolute atomic E-state index is 4.85. The normalized spacial score (nSPS) is 11.7. The lowest BCUT2D eigenvalue weighted by molar-refractivity contribution is 0.383. The van der Waals surface area contributed by atoms with E-state index in [0.717, 1.165) is 10.8 Å². The van der Waals surface area contributed by atoms with Crippen molar-refractivity contribution in [2.24, 2.45) is 0 Å². The molecule has 1 aromatic rings. The summed E-state index contributed by atoms with van der Waals surface area (Å²) in [5.41, 5.74) is 0. The molecular weight excluding hydrogens is 134 g/mol. The van der Waals surface area contributed by atoms with Crippen LogP contribution in [0, 0.1) is 13.2 Å². The predicted octanol–water partition coefficient (Wildman–Crippen LogP) is 1.76. The summed E-state index contributed by atoms with van der Waals surface area (Å²) in [6.45, 7) is 1.88. The lowest BCUT2D eigenvalue weighted by Gasteiger charge is -1.99. The highest BCUT2D eigenvalue weighted by atomic mass is 32.2. The smallest absolute Gasteiger partial charge is 0.134 e. The molecule has 1 radical (unpaired) electrons. The van der Waals surface area contributed by atoms with Gasteiger partial charge in [-0.25, -0.2) is 10.9 Å². The van der Waals surface area contributed by atoms with Gasteiger partial charge in [-0.2, -0.15) is 0 Å². The maximum Gasteiger partial charge on any atom is 0.134 e. The first-order chi connectivity index (χ1) is 4.20. The fraction of sp³-hybridized carbons (Fsp3) is 0.333. The number of aryl methyl sites for hydroxylation is 1. The molecule has 2 nitrogen and oxygen atoms in total. The third-order valence-electron chi connectivity index (χ3n) is 1.01. The second kappa shape index (κ2) is 2.43. The quantitative estimate of drug-likeness (QED) is 0.608. The summed E-state index contributed by atoms with van der Waals surface area (Å²) in [6, 6.07) is 1.93. The molecule has 0 aliphatic heterocycles. The van der Waals surface area contributed by atoms with E-state index in [1.165, 1.54) is 0 Å². The van der Waals surface area contributed by atoms with Gasteiger partial charge < -0.3 is 4.52 Å². The SMILES string of the molecule is [CH2][SH](C)c1cc(C)on1. The Kier molecular flexibility index (Phi) is 1.81. The molecule has 1 aromatic heterocycles. The van der Waals surface area contributed by atoms with Crippen molar-refractivity contribution in [3.05, 3.63) is 18.1 Å². The molecule has 51 valence electrons. The zero-order valence-electron chi connectivity index (χ0n) is 5.59. The topological polar surface area (TPSA) is 26.0 Å². The summed E-state index contributed by atoms with van der Waals surface area (Å²) < 4.78 is 4.85. The highest BCUT2D eigenvalue weighted by Gasteiger charge is 1.99. The largest absolute Gasteiger partial charge is 0.361 e. The molecule has 0 amide bonds. The van der Waals surface area contributed by atoms with Gasteiger partial charge >= 0.3 is 0 Å². The summed E-state index contributed by atoms with van der Waals surface area (Å²) in [7, 11) is -0.330. The van der Waals surface area contributed by atoms with Crippen molar-refractivity contribution in [1.82, 2.24) is 5.16 Å². The third kappa shape index (κ3) is 1.48. The first-order valence-electron chi connectivity index (χ1n) is 2.67. The lowest BCUT2D eigenvalue weighted by atomic mass is 10.5. The van der Waals surface area contributed by atoms with Gasteiger partial charge in [0.25, 0.3) is 0 Å². The average Bonchev–Trinajstić information content (AvgIpc) is 2.14. The molecule has 1 unspecified atom stereocenters. The van der Waals surface area contributed by atoms with Gasteiger partial charge in [-0.15, -0.1) is 0 Å². The Morgan fingerprint density at radius 3 is 2.67 bits per heavy atom. The zero-order valence-corrected chi connectivity index (χ0v) is 6.48. The number of hydrogen-bond acceptors (Lipinski definition) is 2. The number of aromatic nitrogens is 1. The van der Waals surface area contributed by atoms with Crippen LogP contribution in [-0.2, 0) is 0 Å². The number of rotatable bonds is 1.